The summed E-state index contributed by atoms with van der Waals surface area (Å²) in [5, 5.41) is 13.8. The van der Waals surface area contributed by atoms with Crippen LogP contribution in [0.5, 0.6) is 0 Å². The number of imide groups is 1. The highest BCUT2D eigenvalue weighted by Crippen LogP contribution is 2.70. The van der Waals surface area contributed by atoms with E-state index in [1.165, 1.54) is 6.92 Å². The van der Waals surface area contributed by atoms with Gasteiger partial charge in [-0.15, -0.1) is 0 Å². The van der Waals surface area contributed by atoms with Crippen molar-refractivity contribution in [3.8, 4) is 0 Å². The molecule has 392 valence electrons. The molecule has 7 fully saturated rings. The molecule has 18 atom stereocenters. The molecule has 4 bridgehead atoms. The highest BCUT2D eigenvalue weighted by atomic mass is 19.4. The van der Waals surface area contributed by atoms with Gasteiger partial charge in [0.15, 0.2) is 0 Å². The minimum absolute atomic E-state index is 0.00656. The number of carbonyl (C=O) groups excluding carboxylic acids is 4. The van der Waals surface area contributed by atoms with Crippen LogP contribution in [0.25, 0.3) is 0 Å². The summed E-state index contributed by atoms with van der Waals surface area (Å²) in [6, 6.07) is 0. The molecule has 0 aromatic rings. The lowest BCUT2D eigenvalue weighted by molar-refractivity contribution is -0.189. The van der Waals surface area contributed by atoms with Crippen LogP contribution < -0.4 is 5.32 Å². The number of piperidine rings is 1. The van der Waals surface area contributed by atoms with Gasteiger partial charge in [0.25, 0.3) is 0 Å². The number of rotatable bonds is 6. The fourth-order valence-corrected chi connectivity index (χ4v) is 15.9. The first-order valence-corrected chi connectivity index (χ1v) is 25.4. The SMILES string of the molecule is CO[C@@H]1CCC23CC[C@@H](C)[C@](C)(C12)[C@H](O)C[C@@](C)(C=CC(F)(F)F)C(=O)[C@@H]3C.CO[C@@H]1CCC23CC[C@@H](C)[C@](C)(C12)[C@H](OC(=O)NC(=O)[C@H]1CN(C)CC[C@@H]1C)C[C@@](C)(C=CC(F)(F)F)C(=O)[C@@H]3C. The molecule has 0 aromatic carbocycles. The smallest absolute Gasteiger partial charge is 0.414 e. The fraction of sp³-hybridized carbons (Fsp3) is 0.849. The van der Waals surface area contributed by atoms with Crippen LogP contribution in [0.4, 0.5) is 31.1 Å². The Morgan fingerprint density at radius 2 is 1.13 bits per heavy atom. The van der Waals surface area contributed by atoms with Gasteiger partial charge in [-0.3, -0.25) is 19.7 Å². The summed E-state index contributed by atoms with van der Waals surface area (Å²) in [7, 11) is 5.26. The number of methoxy groups -OCH3 is 2. The second kappa shape index (κ2) is 19.6. The number of alkyl carbamates (subject to hydrolysis) is 1. The van der Waals surface area contributed by atoms with Gasteiger partial charge in [-0.2, -0.15) is 26.3 Å². The lowest BCUT2D eigenvalue weighted by Crippen LogP contribution is -2.63. The number of amides is 2. The molecule has 7 rings (SSSR count). The van der Waals surface area contributed by atoms with Crippen molar-refractivity contribution in [1.82, 2.24) is 10.2 Å². The lowest BCUT2D eigenvalue weighted by Gasteiger charge is -2.61. The van der Waals surface area contributed by atoms with E-state index in [0.29, 0.717) is 6.54 Å². The van der Waals surface area contributed by atoms with Crippen LogP contribution in [-0.4, -0.2) is 105 Å². The number of aliphatic hydroxyl groups is 1. The second-order valence-electron chi connectivity index (χ2n) is 23.9. The molecule has 0 radical (unpaired) electrons. The zero-order valence-corrected chi connectivity index (χ0v) is 42.9. The largest absolute Gasteiger partial charge is 0.445 e. The maximum absolute atomic E-state index is 14.2. The minimum atomic E-state index is -4.60. The highest BCUT2D eigenvalue weighted by molar-refractivity contribution is 5.94. The third-order valence-electron chi connectivity index (χ3n) is 20.5. The van der Waals surface area contributed by atoms with Crippen LogP contribution in [0.2, 0.25) is 0 Å². The average molecular weight is 987 g/mol. The lowest BCUT2D eigenvalue weighted by atomic mass is 9.44. The Morgan fingerprint density at radius 1 is 0.696 bits per heavy atom. The van der Waals surface area contributed by atoms with Gasteiger partial charge in [-0.05, 0) is 126 Å². The number of ether oxygens (including phenoxy) is 3. The van der Waals surface area contributed by atoms with Crippen molar-refractivity contribution in [1.29, 1.82) is 0 Å². The van der Waals surface area contributed by atoms with E-state index in [2.05, 4.69) is 26.1 Å². The van der Waals surface area contributed by atoms with E-state index in [4.69, 9.17) is 14.2 Å². The van der Waals surface area contributed by atoms with Crippen LogP contribution >= 0.6 is 0 Å². The summed E-state index contributed by atoms with van der Waals surface area (Å²) in [6.07, 6.45) is -2.66. The van der Waals surface area contributed by atoms with E-state index in [-0.39, 0.29) is 95.6 Å². The van der Waals surface area contributed by atoms with Crippen molar-refractivity contribution in [2.24, 2.45) is 79.8 Å². The van der Waals surface area contributed by atoms with Crippen molar-refractivity contribution in [3.63, 3.8) is 0 Å². The Bertz CT molecular complexity index is 2000. The van der Waals surface area contributed by atoms with Crippen LogP contribution in [0, 0.1) is 79.8 Å². The van der Waals surface area contributed by atoms with Crippen molar-refractivity contribution in [3.05, 3.63) is 24.3 Å². The Labute approximate surface area is 405 Å². The molecular weight excluding hydrogens is 907 g/mol. The molecule has 0 aromatic heterocycles. The quantitative estimate of drug-likeness (QED) is 0.197. The zero-order chi connectivity index (χ0) is 51.7. The van der Waals surface area contributed by atoms with Gasteiger partial charge >= 0.3 is 18.4 Å². The highest BCUT2D eigenvalue weighted by Gasteiger charge is 2.70. The number of hydrogen-bond acceptors (Lipinski definition) is 9. The predicted octanol–water partition coefficient (Wildman–Crippen LogP) is 10.7. The van der Waals surface area contributed by atoms with Gasteiger partial charge in [0.1, 0.15) is 17.7 Å². The number of nitrogens with zero attached hydrogens (tertiary/aromatic N) is 1. The van der Waals surface area contributed by atoms with E-state index >= 15 is 0 Å². The second-order valence-corrected chi connectivity index (χ2v) is 23.9. The Hall–Kier alpha value is -2.82. The molecule has 10 nitrogen and oxygen atoms in total. The summed E-state index contributed by atoms with van der Waals surface area (Å²) in [4.78, 5) is 56.3. The molecule has 1 aliphatic heterocycles. The van der Waals surface area contributed by atoms with Crippen LogP contribution in [-0.2, 0) is 28.6 Å². The Morgan fingerprint density at radius 3 is 1.59 bits per heavy atom. The van der Waals surface area contributed by atoms with Crippen molar-refractivity contribution in [2.45, 2.75) is 170 Å². The molecule has 1 saturated heterocycles. The van der Waals surface area contributed by atoms with E-state index < -0.39 is 69.6 Å². The van der Waals surface area contributed by atoms with Gasteiger partial charge in [-0.1, -0.05) is 60.6 Å². The predicted molar refractivity (Wildman–Crippen MR) is 248 cm³/mol. The maximum Gasteiger partial charge on any atom is 0.414 e. The maximum atomic E-state index is 14.2. The molecule has 2 amide bonds. The first-order chi connectivity index (χ1) is 31.8. The molecule has 7 aliphatic rings. The summed E-state index contributed by atoms with van der Waals surface area (Å²) in [5.41, 5.74) is -4.87. The topological polar surface area (TPSA) is 131 Å². The molecule has 0 spiro atoms. The molecule has 2 N–H and O–H groups in total. The molecule has 69 heavy (non-hydrogen) atoms. The summed E-state index contributed by atoms with van der Waals surface area (Å²) >= 11 is 0. The average Bonchev–Trinajstić information content (AvgIpc) is 3.87. The number of Topliss-reactive ketones (excluding diaryl/α,β-unsaturated/α-hetero) is 2. The number of carbonyl (C=O) groups is 4. The Kier molecular flexibility index (Phi) is 15.7. The molecule has 4 unspecified atom stereocenters. The van der Waals surface area contributed by atoms with Gasteiger partial charge in [0.05, 0.1) is 24.2 Å². The van der Waals surface area contributed by atoms with E-state index in [9.17, 15) is 50.6 Å². The molecule has 6 aliphatic carbocycles. The first-order valence-electron chi connectivity index (χ1n) is 25.4. The molecule has 6 saturated carbocycles. The molecule has 1 heterocycles. The number of aliphatic hydroxyl groups excluding tert-OH is 1. The van der Waals surface area contributed by atoms with Crippen LogP contribution in [0.3, 0.4) is 0 Å². The van der Waals surface area contributed by atoms with Gasteiger partial charge in [-0.25, -0.2) is 4.79 Å². The third kappa shape index (κ3) is 9.89. The van der Waals surface area contributed by atoms with E-state index in [0.717, 1.165) is 76.5 Å². The van der Waals surface area contributed by atoms with Gasteiger partial charge < -0.3 is 24.2 Å². The van der Waals surface area contributed by atoms with Crippen molar-refractivity contribution < 1.29 is 64.8 Å². The minimum Gasteiger partial charge on any atom is -0.445 e. The van der Waals surface area contributed by atoms with E-state index in [1.54, 1.807) is 21.1 Å². The number of nitrogens with one attached hydrogen (secondary N) is 1. The van der Waals surface area contributed by atoms with E-state index in [1.807, 2.05) is 39.6 Å². The molecular formula is C53H80F6N2O8. The summed E-state index contributed by atoms with van der Waals surface area (Å²) < 4.78 is 96.8. The number of allylic oxidation sites excluding steroid dienone is 4. The summed E-state index contributed by atoms with van der Waals surface area (Å²) in [6.45, 7) is 18.5. The first kappa shape index (κ1) is 55.5. The third-order valence-corrected chi connectivity index (χ3v) is 20.5. The van der Waals surface area contributed by atoms with Crippen LogP contribution in [0.1, 0.15) is 133 Å². The Balaban J connectivity index is 0.000000243. The van der Waals surface area contributed by atoms with Gasteiger partial charge in [0, 0.05) is 78.8 Å². The number of halogens is 6. The number of likely N-dealkylation sites (tertiary alicyclic amines) is 1. The number of hydrogen-bond donors (Lipinski definition) is 2. The van der Waals surface area contributed by atoms with Crippen LogP contribution in [0.15, 0.2) is 24.3 Å². The van der Waals surface area contributed by atoms with Crippen molar-refractivity contribution in [2.75, 3.05) is 34.4 Å². The number of alkyl halides is 6. The van der Waals surface area contributed by atoms with Gasteiger partial charge in [0.2, 0.25) is 5.91 Å². The zero-order valence-electron chi connectivity index (χ0n) is 42.9. The monoisotopic (exact) mass is 987 g/mol. The summed E-state index contributed by atoms with van der Waals surface area (Å²) in [5.74, 6) is -1.93. The standard InChI is InChI=1S/C31H47F3N2O5.C22H33F3O3/c1-18-10-15-36(6)17-21(18)26(38)35-27(39)41-23-16-28(4,13-14-31(32,33)34)25(37)20(3)30-11-8-19(2)29(23,5)24(30)22(40-7)9-12-30;1-13-6-8-21-9-7-15(28-5)17(21)20(13,4)16(26)12-19(3,18(27)14(21)2)10-11-22(23,24)25/h13-14,18-24H,8-12,15-17H2,1-7H3,(H,35,38,39);10-11,13-17,26H,6-9,12H2,1-5H3/t18-,19+,20-,21-,22+,23+,24?,28+,29-,30?;13-,14+,15-,16-,17?,19-,20+,21?/m01/s1. The number of ketones is 2. The normalized spacial score (nSPS) is 46.2. The fourth-order valence-electron chi connectivity index (χ4n) is 15.9. The molecule has 16 heteroatoms. The van der Waals surface area contributed by atoms with Crippen molar-refractivity contribution >= 4 is 23.6 Å².